The third-order valence-corrected chi connectivity index (χ3v) is 8.46. The van der Waals surface area contributed by atoms with Gasteiger partial charge in [-0.1, -0.05) is 23.7 Å². The molecule has 176 valence electrons. The number of allylic oxidation sites excluding steroid dienone is 1. The van der Waals surface area contributed by atoms with Crippen LogP contribution in [0.4, 0.5) is 5.69 Å². The molecule has 3 atom stereocenters. The van der Waals surface area contributed by atoms with Crippen LogP contribution in [-0.2, 0) is 26.8 Å². The van der Waals surface area contributed by atoms with Crippen molar-refractivity contribution in [1.82, 2.24) is 0 Å². The average Bonchev–Trinajstić information content (AvgIpc) is 2.92. The minimum absolute atomic E-state index is 0.0822. The first-order valence-corrected chi connectivity index (χ1v) is 13.3. The monoisotopic (exact) mass is 488 g/mol. The number of anilines is 1. The van der Waals surface area contributed by atoms with Crippen molar-refractivity contribution < 1.29 is 17.9 Å². The van der Waals surface area contributed by atoms with Gasteiger partial charge < -0.3 is 14.4 Å². The van der Waals surface area contributed by atoms with Gasteiger partial charge in [-0.2, -0.15) is 0 Å². The number of sulfonamides is 1. The Labute approximate surface area is 200 Å². The van der Waals surface area contributed by atoms with E-state index in [1.54, 1.807) is 12.1 Å². The summed E-state index contributed by atoms with van der Waals surface area (Å²) in [7, 11) is -3.84. The van der Waals surface area contributed by atoms with Gasteiger partial charge in [-0.15, -0.1) is 6.58 Å². The highest BCUT2D eigenvalue weighted by Gasteiger charge is 2.44. The van der Waals surface area contributed by atoms with Gasteiger partial charge in [-0.3, -0.25) is 0 Å². The number of rotatable bonds is 5. The first-order valence-electron chi connectivity index (χ1n) is 11.4. The second-order valence-corrected chi connectivity index (χ2v) is 11.4. The van der Waals surface area contributed by atoms with E-state index in [0.29, 0.717) is 42.4 Å². The fraction of sp³-hybridized carbons (Fsp3) is 0.440. The number of fused-ring (bicyclic) bond motifs is 3. The fourth-order valence-electron chi connectivity index (χ4n) is 5.42. The quantitative estimate of drug-likeness (QED) is 0.636. The summed E-state index contributed by atoms with van der Waals surface area (Å²) < 4.78 is 36.9. The highest BCUT2D eigenvalue weighted by atomic mass is 35.5. The largest absolute Gasteiger partial charge is 0.488 e. The average molecular weight is 489 g/mol. The number of primary sulfonamides is 1. The van der Waals surface area contributed by atoms with Crippen LogP contribution >= 0.6 is 11.6 Å². The van der Waals surface area contributed by atoms with Gasteiger partial charge in [0.05, 0.1) is 23.7 Å². The molecule has 0 amide bonds. The lowest BCUT2D eigenvalue weighted by molar-refractivity contribution is -0.0792. The molecule has 0 unspecified atom stereocenters. The summed E-state index contributed by atoms with van der Waals surface area (Å²) in [5, 5.41) is 6.16. The molecule has 0 radical (unpaired) electrons. The molecule has 1 fully saturated rings. The van der Waals surface area contributed by atoms with Crippen molar-refractivity contribution in [1.29, 1.82) is 0 Å². The Kier molecular flexibility index (Phi) is 5.93. The van der Waals surface area contributed by atoms with E-state index in [4.69, 9.17) is 26.2 Å². The van der Waals surface area contributed by atoms with Crippen LogP contribution < -0.4 is 14.8 Å². The summed E-state index contributed by atoms with van der Waals surface area (Å²) in [6, 6.07) is 10.8. The van der Waals surface area contributed by atoms with Gasteiger partial charge in [0.2, 0.25) is 10.0 Å². The zero-order valence-corrected chi connectivity index (χ0v) is 20.1. The van der Waals surface area contributed by atoms with Crippen molar-refractivity contribution in [2.24, 2.45) is 17.0 Å². The van der Waals surface area contributed by atoms with Crippen molar-refractivity contribution in [2.45, 2.75) is 36.2 Å². The Bertz CT molecular complexity index is 1180. The molecule has 0 saturated heterocycles. The third kappa shape index (κ3) is 4.28. The van der Waals surface area contributed by atoms with E-state index in [9.17, 15) is 8.42 Å². The summed E-state index contributed by atoms with van der Waals surface area (Å²) in [5.41, 5.74) is 2.32. The first kappa shape index (κ1) is 22.7. The number of hydrogen-bond acceptors (Lipinski definition) is 5. The Morgan fingerprint density at radius 1 is 1.21 bits per heavy atom. The molecule has 5 rings (SSSR count). The molecular weight excluding hydrogens is 460 g/mol. The van der Waals surface area contributed by atoms with Crippen LogP contribution in [-0.4, -0.2) is 34.7 Å². The van der Waals surface area contributed by atoms with E-state index in [-0.39, 0.29) is 4.90 Å². The van der Waals surface area contributed by atoms with E-state index in [1.165, 1.54) is 18.1 Å². The zero-order valence-electron chi connectivity index (χ0n) is 18.5. The second-order valence-electron chi connectivity index (χ2n) is 9.36. The molecule has 33 heavy (non-hydrogen) atoms. The molecule has 2 aliphatic heterocycles. The standard InChI is InChI=1S/C25H29ClN2O4S/c1-2-3-17-4-5-19(17)14-28-15-25(22-8-6-20(26)12-18(22)10-11-32-25)16-31-24-9-7-21(13-23(24)28)33(27,29)30/h2,6-9,12-13,17,19H,1,3-5,10-11,14-16H2,(H2,27,29,30)/t17-,19+,25-/m1/s1. The van der Waals surface area contributed by atoms with Gasteiger partial charge in [-0.25, -0.2) is 13.6 Å². The molecule has 1 aliphatic carbocycles. The van der Waals surface area contributed by atoms with Gasteiger partial charge in [0.25, 0.3) is 0 Å². The Morgan fingerprint density at radius 3 is 2.76 bits per heavy atom. The van der Waals surface area contributed by atoms with Crippen LogP contribution in [0.5, 0.6) is 5.75 Å². The SMILES string of the molecule is C=CC[C@@H]1CC[C@H]1CN1C[C@]2(COc3ccc(S(N)(=O)=O)cc31)OCCc1cc(Cl)ccc12. The van der Waals surface area contributed by atoms with Crippen molar-refractivity contribution in [3.8, 4) is 5.75 Å². The van der Waals surface area contributed by atoms with E-state index < -0.39 is 15.6 Å². The van der Waals surface area contributed by atoms with Gasteiger partial charge in [0, 0.05) is 11.6 Å². The fourth-order valence-corrected chi connectivity index (χ4v) is 6.15. The Balaban J connectivity index is 1.57. The van der Waals surface area contributed by atoms with Crippen LogP contribution in [0.2, 0.25) is 5.02 Å². The van der Waals surface area contributed by atoms with Crippen LogP contribution in [0.1, 0.15) is 30.4 Å². The molecule has 2 N–H and O–H groups in total. The van der Waals surface area contributed by atoms with Crippen molar-refractivity contribution in [3.63, 3.8) is 0 Å². The first-order chi connectivity index (χ1) is 15.8. The number of benzene rings is 2. The van der Waals surface area contributed by atoms with E-state index in [0.717, 1.165) is 37.1 Å². The molecule has 3 aliphatic rings. The van der Waals surface area contributed by atoms with Crippen LogP contribution in [0.15, 0.2) is 53.9 Å². The molecular formula is C25H29ClN2O4S. The van der Waals surface area contributed by atoms with Crippen LogP contribution in [0.25, 0.3) is 0 Å². The topological polar surface area (TPSA) is 81.9 Å². The molecule has 2 aromatic rings. The molecule has 6 nitrogen and oxygen atoms in total. The minimum atomic E-state index is -3.84. The number of hydrogen-bond donors (Lipinski definition) is 1. The number of halogens is 1. The maximum absolute atomic E-state index is 12.1. The highest BCUT2D eigenvalue weighted by Crippen LogP contribution is 2.45. The molecule has 2 aromatic carbocycles. The second kappa shape index (κ2) is 8.62. The molecule has 2 heterocycles. The lowest BCUT2D eigenvalue weighted by Crippen LogP contribution is -2.50. The summed E-state index contributed by atoms with van der Waals surface area (Å²) in [5.74, 6) is 1.73. The summed E-state index contributed by atoms with van der Waals surface area (Å²) >= 11 is 6.28. The number of nitrogens with two attached hydrogens (primary N) is 1. The summed E-state index contributed by atoms with van der Waals surface area (Å²) in [4.78, 5) is 2.32. The Morgan fingerprint density at radius 2 is 2.03 bits per heavy atom. The zero-order chi connectivity index (χ0) is 23.2. The molecule has 0 bridgehead atoms. The molecule has 1 saturated carbocycles. The van der Waals surface area contributed by atoms with Gasteiger partial charge >= 0.3 is 0 Å². The van der Waals surface area contributed by atoms with Crippen molar-refractivity contribution in [2.75, 3.05) is 31.2 Å². The van der Waals surface area contributed by atoms with Crippen molar-refractivity contribution in [3.05, 3.63) is 65.2 Å². The summed E-state index contributed by atoms with van der Waals surface area (Å²) in [6.45, 7) is 6.16. The number of nitrogens with zero attached hydrogens (tertiary/aromatic N) is 1. The Hall–Kier alpha value is -2.06. The predicted octanol–water partition coefficient (Wildman–Crippen LogP) is 4.26. The maximum atomic E-state index is 12.1. The van der Waals surface area contributed by atoms with E-state index in [2.05, 4.69) is 11.5 Å². The van der Waals surface area contributed by atoms with Crippen LogP contribution in [0, 0.1) is 11.8 Å². The lowest BCUT2D eigenvalue weighted by Gasteiger charge is -2.44. The third-order valence-electron chi connectivity index (χ3n) is 7.31. The predicted molar refractivity (Wildman–Crippen MR) is 129 cm³/mol. The van der Waals surface area contributed by atoms with E-state index in [1.807, 2.05) is 24.3 Å². The molecule has 1 spiro atoms. The summed E-state index contributed by atoms with van der Waals surface area (Å²) in [6.07, 6.45) is 6.10. The molecule has 0 aromatic heterocycles. The van der Waals surface area contributed by atoms with Crippen molar-refractivity contribution >= 4 is 27.3 Å². The maximum Gasteiger partial charge on any atom is 0.238 e. The normalized spacial score (nSPS) is 26.5. The lowest BCUT2D eigenvalue weighted by atomic mass is 9.71. The minimum Gasteiger partial charge on any atom is -0.488 e. The van der Waals surface area contributed by atoms with Crippen LogP contribution in [0.3, 0.4) is 0 Å². The van der Waals surface area contributed by atoms with E-state index >= 15 is 0 Å². The van der Waals surface area contributed by atoms with Gasteiger partial charge in [0.15, 0.2) is 0 Å². The van der Waals surface area contributed by atoms with Gasteiger partial charge in [0.1, 0.15) is 18.0 Å². The number of ether oxygens (including phenoxy) is 2. The van der Waals surface area contributed by atoms with Gasteiger partial charge in [-0.05, 0) is 79.0 Å². The molecule has 8 heteroatoms. The smallest absolute Gasteiger partial charge is 0.238 e. The highest BCUT2D eigenvalue weighted by molar-refractivity contribution is 7.89.